The first-order valence-corrected chi connectivity index (χ1v) is 11.3. The number of nitrogens with one attached hydrogen (secondary N) is 1. The molecule has 0 saturated carbocycles. The molecule has 3 aromatic heterocycles. The second-order valence-electron chi connectivity index (χ2n) is 8.66. The summed E-state index contributed by atoms with van der Waals surface area (Å²) in [6.45, 7) is 3.44. The minimum absolute atomic E-state index is 0.175. The number of carbonyl (C=O) groups is 1. The van der Waals surface area contributed by atoms with Crippen LogP contribution >= 0.6 is 0 Å². The van der Waals surface area contributed by atoms with Crippen LogP contribution in [0.1, 0.15) is 47.8 Å². The van der Waals surface area contributed by atoms with Crippen LogP contribution in [0.15, 0.2) is 42.7 Å². The second-order valence-corrected chi connectivity index (χ2v) is 8.66. The van der Waals surface area contributed by atoms with E-state index in [9.17, 15) is 13.6 Å². The SMILES string of the molecule is CCc1nc2ncccn2c1C(=O)NCc1ccc(-c2nc3n(n2)CC(C(C)(F)F)CC3)cc1. The van der Waals surface area contributed by atoms with Gasteiger partial charge in [0.15, 0.2) is 5.82 Å². The zero-order valence-electron chi connectivity index (χ0n) is 19.0. The van der Waals surface area contributed by atoms with E-state index < -0.39 is 11.8 Å². The number of halogens is 2. The van der Waals surface area contributed by atoms with Gasteiger partial charge in [0.1, 0.15) is 11.5 Å². The molecule has 176 valence electrons. The molecule has 1 atom stereocenters. The van der Waals surface area contributed by atoms with Crippen molar-refractivity contribution in [2.75, 3.05) is 0 Å². The number of alkyl halides is 2. The van der Waals surface area contributed by atoms with Gasteiger partial charge in [-0.25, -0.2) is 28.4 Å². The molecular formula is C24H25F2N7O. The lowest BCUT2D eigenvalue weighted by molar-refractivity contribution is -0.0548. The summed E-state index contributed by atoms with van der Waals surface area (Å²) >= 11 is 0. The summed E-state index contributed by atoms with van der Waals surface area (Å²) < 4.78 is 30.7. The van der Waals surface area contributed by atoms with E-state index in [1.165, 1.54) is 0 Å². The summed E-state index contributed by atoms with van der Waals surface area (Å²) in [4.78, 5) is 26.1. The van der Waals surface area contributed by atoms with Crippen LogP contribution in [0, 0.1) is 5.92 Å². The highest BCUT2D eigenvalue weighted by Crippen LogP contribution is 2.33. The van der Waals surface area contributed by atoms with Gasteiger partial charge in [-0.05, 0) is 31.4 Å². The van der Waals surface area contributed by atoms with Crippen LogP contribution in [0.25, 0.3) is 17.2 Å². The molecule has 1 aliphatic heterocycles. The van der Waals surface area contributed by atoms with Gasteiger partial charge in [-0.15, -0.1) is 0 Å². The Kier molecular flexibility index (Phi) is 5.59. The van der Waals surface area contributed by atoms with E-state index in [0.29, 0.717) is 48.8 Å². The summed E-state index contributed by atoms with van der Waals surface area (Å²) in [5, 5.41) is 7.41. The molecule has 0 fully saturated rings. The molecule has 0 saturated heterocycles. The van der Waals surface area contributed by atoms with Gasteiger partial charge in [0, 0.05) is 36.8 Å². The summed E-state index contributed by atoms with van der Waals surface area (Å²) in [5.41, 5.74) is 2.91. The summed E-state index contributed by atoms with van der Waals surface area (Å²) in [6, 6.07) is 9.32. The predicted molar refractivity (Wildman–Crippen MR) is 121 cm³/mol. The number of imidazole rings is 1. The monoisotopic (exact) mass is 465 g/mol. The van der Waals surface area contributed by atoms with Crippen molar-refractivity contribution in [3.8, 4) is 11.4 Å². The van der Waals surface area contributed by atoms with Crippen LogP contribution in [-0.2, 0) is 25.9 Å². The minimum atomic E-state index is -2.73. The number of benzene rings is 1. The van der Waals surface area contributed by atoms with Crippen LogP contribution in [0.3, 0.4) is 0 Å². The number of hydrogen-bond donors (Lipinski definition) is 1. The lowest BCUT2D eigenvalue weighted by Gasteiger charge is -2.27. The number of aryl methyl sites for hydroxylation is 2. The summed E-state index contributed by atoms with van der Waals surface area (Å²) in [6.07, 6.45) is 4.94. The molecule has 0 bridgehead atoms. The highest BCUT2D eigenvalue weighted by atomic mass is 19.3. The van der Waals surface area contributed by atoms with E-state index in [0.717, 1.165) is 23.9 Å². The lowest BCUT2D eigenvalue weighted by Crippen LogP contribution is -2.33. The Hall–Kier alpha value is -3.69. The molecule has 8 nitrogen and oxygen atoms in total. The fourth-order valence-corrected chi connectivity index (χ4v) is 4.30. The van der Waals surface area contributed by atoms with Crippen LogP contribution < -0.4 is 5.32 Å². The molecule has 1 N–H and O–H groups in total. The first-order chi connectivity index (χ1) is 16.3. The van der Waals surface area contributed by atoms with E-state index in [2.05, 4.69) is 25.4 Å². The molecule has 1 aliphatic rings. The zero-order valence-corrected chi connectivity index (χ0v) is 19.0. The standard InChI is InChI=1S/C24H25F2N7O/c1-3-18-20(32-12-4-11-27-23(32)29-18)22(34)28-13-15-5-7-16(8-6-15)21-30-19-10-9-17(24(2,25)26)14-33(19)31-21/h4-8,11-12,17H,3,9-10,13-14H2,1-2H3,(H,28,34). The van der Waals surface area contributed by atoms with Crippen LogP contribution in [0.5, 0.6) is 0 Å². The van der Waals surface area contributed by atoms with E-state index >= 15 is 0 Å². The lowest BCUT2D eigenvalue weighted by atomic mass is 9.94. The number of fused-ring (bicyclic) bond motifs is 2. The molecule has 4 heterocycles. The van der Waals surface area contributed by atoms with E-state index in [1.807, 2.05) is 31.2 Å². The van der Waals surface area contributed by atoms with Gasteiger partial charge in [0.25, 0.3) is 5.91 Å². The molecule has 34 heavy (non-hydrogen) atoms. The van der Waals surface area contributed by atoms with E-state index in [4.69, 9.17) is 0 Å². The summed E-state index contributed by atoms with van der Waals surface area (Å²) in [5.74, 6) is -1.91. The first kappa shape index (κ1) is 22.1. The van der Waals surface area contributed by atoms with Crippen molar-refractivity contribution in [2.24, 2.45) is 5.92 Å². The average Bonchev–Trinajstić information content (AvgIpc) is 3.43. The average molecular weight is 466 g/mol. The van der Waals surface area contributed by atoms with E-state index in [-0.39, 0.29) is 12.5 Å². The maximum Gasteiger partial charge on any atom is 0.270 e. The van der Waals surface area contributed by atoms with Crippen molar-refractivity contribution in [3.63, 3.8) is 0 Å². The number of rotatable bonds is 6. The predicted octanol–water partition coefficient (Wildman–Crippen LogP) is 3.70. The smallest absolute Gasteiger partial charge is 0.270 e. The van der Waals surface area contributed by atoms with Gasteiger partial charge < -0.3 is 5.32 Å². The Morgan fingerprint density at radius 1 is 1.24 bits per heavy atom. The van der Waals surface area contributed by atoms with Gasteiger partial charge in [-0.1, -0.05) is 31.2 Å². The molecule has 4 aromatic rings. The Morgan fingerprint density at radius 3 is 2.76 bits per heavy atom. The zero-order chi connectivity index (χ0) is 23.9. The topological polar surface area (TPSA) is 90.0 Å². The number of amides is 1. The fraction of sp³-hybridized carbons (Fsp3) is 0.375. The molecule has 0 spiro atoms. The van der Waals surface area contributed by atoms with Crippen molar-refractivity contribution in [1.82, 2.24) is 34.4 Å². The number of aromatic nitrogens is 6. The molecule has 0 radical (unpaired) electrons. The van der Waals surface area contributed by atoms with Gasteiger partial charge in [0.2, 0.25) is 11.7 Å². The third kappa shape index (κ3) is 4.15. The molecule has 5 rings (SSSR count). The highest BCUT2D eigenvalue weighted by Gasteiger charge is 2.37. The molecule has 0 aliphatic carbocycles. The minimum Gasteiger partial charge on any atom is -0.347 e. The second kappa shape index (κ2) is 8.58. The normalized spacial score (nSPS) is 15.9. The van der Waals surface area contributed by atoms with Crippen molar-refractivity contribution in [1.29, 1.82) is 0 Å². The molecule has 1 unspecified atom stereocenters. The quantitative estimate of drug-likeness (QED) is 0.469. The molecular weight excluding hydrogens is 440 g/mol. The fourth-order valence-electron chi connectivity index (χ4n) is 4.30. The summed E-state index contributed by atoms with van der Waals surface area (Å²) in [7, 11) is 0. The van der Waals surface area contributed by atoms with Crippen molar-refractivity contribution >= 4 is 11.7 Å². The third-order valence-electron chi connectivity index (χ3n) is 6.27. The van der Waals surface area contributed by atoms with Gasteiger partial charge in [-0.3, -0.25) is 9.20 Å². The molecule has 10 heteroatoms. The molecule has 1 aromatic carbocycles. The van der Waals surface area contributed by atoms with Crippen LogP contribution in [-0.4, -0.2) is 41.0 Å². The number of nitrogens with zero attached hydrogens (tertiary/aromatic N) is 6. The van der Waals surface area contributed by atoms with Crippen molar-refractivity contribution < 1.29 is 13.6 Å². The Bertz CT molecular complexity index is 1340. The number of hydrogen-bond acceptors (Lipinski definition) is 5. The first-order valence-electron chi connectivity index (χ1n) is 11.3. The van der Waals surface area contributed by atoms with Crippen molar-refractivity contribution in [2.45, 2.75) is 52.1 Å². The van der Waals surface area contributed by atoms with Crippen LogP contribution in [0.2, 0.25) is 0 Å². The van der Waals surface area contributed by atoms with Gasteiger partial charge in [-0.2, -0.15) is 5.10 Å². The Morgan fingerprint density at radius 2 is 2.03 bits per heavy atom. The van der Waals surface area contributed by atoms with Gasteiger partial charge in [0.05, 0.1) is 12.2 Å². The maximum absolute atomic E-state index is 13.7. The van der Waals surface area contributed by atoms with E-state index in [1.54, 1.807) is 27.5 Å². The Balaban J connectivity index is 1.27. The largest absolute Gasteiger partial charge is 0.347 e. The van der Waals surface area contributed by atoms with Crippen molar-refractivity contribution in [3.05, 3.63) is 65.5 Å². The van der Waals surface area contributed by atoms with Gasteiger partial charge >= 0.3 is 0 Å². The van der Waals surface area contributed by atoms with Crippen LogP contribution in [0.4, 0.5) is 8.78 Å². The molecule has 1 amide bonds. The third-order valence-corrected chi connectivity index (χ3v) is 6.27. The maximum atomic E-state index is 13.7. The Labute approximate surface area is 195 Å². The highest BCUT2D eigenvalue weighted by molar-refractivity contribution is 5.94. The number of carbonyl (C=O) groups excluding carboxylic acids is 1.